The van der Waals surface area contributed by atoms with Gasteiger partial charge in [0.25, 0.3) is 5.91 Å². The fourth-order valence-electron chi connectivity index (χ4n) is 2.45. The molecule has 3 N–H and O–H groups in total. The molecule has 0 aliphatic carbocycles. The van der Waals surface area contributed by atoms with Crippen LogP contribution in [-0.4, -0.2) is 48.1 Å². The van der Waals surface area contributed by atoms with Crippen LogP contribution in [0.15, 0.2) is 36.1 Å². The number of hydrogen-bond acceptors (Lipinski definition) is 6. The number of carbonyl (C=O) groups is 3. The molecule has 1 aliphatic rings. The molecule has 0 unspecified atom stereocenters. The molecule has 140 valence electrons. The predicted molar refractivity (Wildman–Crippen MR) is 93.5 cm³/mol. The summed E-state index contributed by atoms with van der Waals surface area (Å²) in [5.41, 5.74) is -0.359. The molecule has 2 rings (SSSR count). The second kappa shape index (κ2) is 8.01. The number of allylic oxidation sites excluding steroid dienone is 1. The smallest absolute Gasteiger partial charge is 0.287 e. The number of anilines is 1. The minimum Gasteiger partial charge on any atom is -0.497 e. The fraction of sp³-hybridized carbons (Fsp3) is 0.389. The van der Waals surface area contributed by atoms with Crippen molar-refractivity contribution in [2.75, 3.05) is 19.0 Å². The maximum atomic E-state index is 12.3. The van der Waals surface area contributed by atoms with Crippen LogP contribution in [0.4, 0.5) is 5.69 Å². The normalized spacial score (nSPS) is 16.8. The Morgan fingerprint density at radius 3 is 2.73 bits per heavy atom. The van der Waals surface area contributed by atoms with Gasteiger partial charge in [-0.25, -0.2) is 0 Å². The van der Waals surface area contributed by atoms with Gasteiger partial charge in [-0.15, -0.1) is 0 Å². The van der Waals surface area contributed by atoms with Crippen molar-refractivity contribution in [2.24, 2.45) is 0 Å². The lowest BCUT2D eigenvalue weighted by molar-refractivity contribution is -0.133. The molecule has 0 fully saturated rings. The number of carbonyl (C=O) groups excluding carboxylic acids is 3. The molecule has 1 heterocycles. The summed E-state index contributed by atoms with van der Waals surface area (Å²) in [7, 11) is 1.50. The zero-order valence-electron chi connectivity index (χ0n) is 14.9. The lowest BCUT2D eigenvalue weighted by atomic mass is 9.98. The Kier molecular flexibility index (Phi) is 5.99. The van der Waals surface area contributed by atoms with Gasteiger partial charge in [-0.3, -0.25) is 14.4 Å². The molecule has 8 heteroatoms. The first-order valence-electron chi connectivity index (χ1n) is 8.04. The zero-order valence-corrected chi connectivity index (χ0v) is 14.9. The number of hydrogen-bond donors (Lipinski definition) is 3. The Hall–Kier alpha value is -2.87. The molecule has 1 aromatic carbocycles. The first kappa shape index (κ1) is 19.5. The molecule has 0 spiro atoms. The molecule has 1 atom stereocenters. The van der Waals surface area contributed by atoms with Gasteiger partial charge in [0.1, 0.15) is 17.4 Å². The van der Waals surface area contributed by atoms with E-state index in [1.807, 2.05) is 0 Å². The van der Waals surface area contributed by atoms with Crippen LogP contribution in [0.2, 0.25) is 0 Å². The maximum Gasteiger partial charge on any atom is 0.287 e. The number of ketones is 1. The fourth-order valence-corrected chi connectivity index (χ4v) is 2.45. The Balaban J connectivity index is 2.04. The van der Waals surface area contributed by atoms with E-state index in [0.717, 1.165) is 6.08 Å². The minimum atomic E-state index is -1.21. The number of methoxy groups -OCH3 is 1. The molecule has 0 saturated heterocycles. The molecule has 0 saturated carbocycles. The van der Waals surface area contributed by atoms with Crippen LogP contribution < -0.4 is 15.4 Å². The van der Waals surface area contributed by atoms with Crippen LogP contribution >= 0.6 is 0 Å². The molecule has 0 bridgehead atoms. The summed E-state index contributed by atoms with van der Waals surface area (Å²) in [5, 5.41) is 14.4. The third-order valence-corrected chi connectivity index (χ3v) is 3.64. The summed E-state index contributed by atoms with van der Waals surface area (Å²) >= 11 is 0. The molecular formula is C18H22N2O6. The Morgan fingerprint density at radius 2 is 2.12 bits per heavy atom. The second-order valence-corrected chi connectivity index (χ2v) is 6.44. The van der Waals surface area contributed by atoms with Gasteiger partial charge < -0.3 is 25.2 Å². The molecule has 26 heavy (non-hydrogen) atoms. The van der Waals surface area contributed by atoms with Crippen LogP contribution in [0.1, 0.15) is 20.3 Å². The van der Waals surface area contributed by atoms with Crippen LogP contribution in [0.5, 0.6) is 5.75 Å². The first-order valence-corrected chi connectivity index (χ1v) is 8.04. The van der Waals surface area contributed by atoms with E-state index in [1.165, 1.54) is 7.11 Å². The van der Waals surface area contributed by atoms with Crippen molar-refractivity contribution in [3.63, 3.8) is 0 Å². The lowest BCUT2D eigenvalue weighted by Crippen LogP contribution is -2.48. The van der Waals surface area contributed by atoms with Gasteiger partial charge in [-0.2, -0.15) is 0 Å². The highest BCUT2D eigenvalue weighted by Gasteiger charge is 2.33. The first-order chi connectivity index (χ1) is 12.2. The Morgan fingerprint density at radius 1 is 1.38 bits per heavy atom. The number of ether oxygens (including phenoxy) is 2. The van der Waals surface area contributed by atoms with Crippen molar-refractivity contribution < 1.29 is 29.0 Å². The summed E-state index contributed by atoms with van der Waals surface area (Å²) in [6.07, 6.45) is 1.25. The third-order valence-electron chi connectivity index (χ3n) is 3.64. The van der Waals surface area contributed by atoms with E-state index in [2.05, 4.69) is 10.6 Å². The van der Waals surface area contributed by atoms with Gasteiger partial charge >= 0.3 is 0 Å². The molecule has 8 nitrogen and oxygen atoms in total. The minimum absolute atomic E-state index is 0.156. The van der Waals surface area contributed by atoms with E-state index in [0.29, 0.717) is 11.4 Å². The highest BCUT2D eigenvalue weighted by atomic mass is 16.5. The monoisotopic (exact) mass is 362 g/mol. The number of aliphatic hydroxyl groups is 1. The maximum absolute atomic E-state index is 12.3. The van der Waals surface area contributed by atoms with E-state index in [4.69, 9.17) is 9.47 Å². The average Bonchev–Trinajstić information content (AvgIpc) is 2.57. The topological polar surface area (TPSA) is 114 Å². The van der Waals surface area contributed by atoms with Crippen molar-refractivity contribution in [3.05, 3.63) is 36.1 Å². The zero-order chi connectivity index (χ0) is 19.3. The quantitative estimate of drug-likeness (QED) is 0.689. The molecule has 1 aliphatic heterocycles. The van der Waals surface area contributed by atoms with Crippen LogP contribution in [0.3, 0.4) is 0 Å². The predicted octanol–water partition coefficient (Wildman–Crippen LogP) is 0.763. The van der Waals surface area contributed by atoms with Crippen molar-refractivity contribution in [1.29, 1.82) is 0 Å². The molecule has 1 aromatic rings. The highest BCUT2D eigenvalue weighted by Crippen LogP contribution is 2.24. The summed E-state index contributed by atoms with van der Waals surface area (Å²) < 4.78 is 10.5. The molecular weight excluding hydrogens is 340 g/mol. The summed E-state index contributed by atoms with van der Waals surface area (Å²) in [6.45, 7) is 2.75. The largest absolute Gasteiger partial charge is 0.497 e. The van der Waals surface area contributed by atoms with Crippen molar-refractivity contribution in [2.45, 2.75) is 31.9 Å². The third kappa shape index (κ3) is 5.06. The van der Waals surface area contributed by atoms with E-state index in [1.54, 1.807) is 38.1 Å². The SMILES string of the molecule is COc1cccc(NC(=O)[C@H](CO)NC(=O)C2=CC(=O)CC(C)(C)O2)c1. The van der Waals surface area contributed by atoms with Gasteiger partial charge in [0, 0.05) is 24.3 Å². The van der Waals surface area contributed by atoms with E-state index in [9.17, 15) is 19.5 Å². The number of amides is 2. The summed E-state index contributed by atoms with van der Waals surface area (Å²) in [4.78, 5) is 36.3. The van der Waals surface area contributed by atoms with Gasteiger partial charge in [-0.05, 0) is 26.0 Å². The van der Waals surface area contributed by atoms with Crippen molar-refractivity contribution >= 4 is 23.3 Å². The number of nitrogens with one attached hydrogen (secondary N) is 2. The summed E-state index contributed by atoms with van der Waals surface area (Å²) in [5.74, 6) is -1.23. The average molecular weight is 362 g/mol. The highest BCUT2D eigenvalue weighted by molar-refractivity contribution is 6.04. The number of rotatable bonds is 6. The van der Waals surface area contributed by atoms with E-state index >= 15 is 0 Å². The van der Waals surface area contributed by atoms with Gasteiger partial charge in [-0.1, -0.05) is 6.07 Å². The molecule has 0 radical (unpaired) electrons. The van der Waals surface area contributed by atoms with Crippen LogP contribution in [0, 0.1) is 0 Å². The van der Waals surface area contributed by atoms with Crippen molar-refractivity contribution in [1.82, 2.24) is 5.32 Å². The Labute approximate surface area is 151 Å². The Bertz CT molecular complexity index is 741. The van der Waals surface area contributed by atoms with E-state index in [-0.39, 0.29) is 18.0 Å². The second-order valence-electron chi connectivity index (χ2n) is 6.44. The van der Waals surface area contributed by atoms with Crippen LogP contribution in [0.25, 0.3) is 0 Å². The van der Waals surface area contributed by atoms with Gasteiger partial charge in [0.2, 0.25) is 5.91 Å². The molecule has 0 aromatic heterocycles. The van der Waals surface area contributed by atoms with Crippen molar-refractivity contribution in [3.8, 4) is 5.75 Å². The summed E-state index contributed by atoms with van der Waals surface area (Å²) in [6, 6.07) is 5.44. The number of aliphatic hydroxyl groups excluding tert-OH is 1. The van der Waals surface area contributed by atoms with Gasteiger partial charge in [0.05, 0.1) is 13.7 Å². The number of benzene rings is 1. The van der Waals surface area contributed by atoms with E-state index < -0.39 is 30.1 Å². The molecule has 2 amide bonds. The lowest BCUT2D eigenvalue weighted by Gasteiger charge is -2.30. The standard InChI is InChI=1S/C18H22N2O6/c1-18(2)9-12(22)8-15(26-18)17(24)20-14(10-21)16(23)19-11-5-4-6-13(7-11)25-3/h4-8,14,21H,9-10H2,1-3H3,(H,19,23)(H,20,24)/t14-/m0/s1. The van der Waals surface area contributed by atoms with Gasteiger partial charge in [0.15, 0.2) is 11.5 Å². The van der Waals surface area contributed by atoms with Crippen LogP contribution in [-0.2, 0) is 19.1 Å².